The molecule has 0 radical (unpaired) electrons. The predicted molar refractivity (Wildman–Crippen MR) is 81.1 cm³/mol. The van der Waals surface area contributed by atoms with Crippen molar-refractivity contribution in [3.63, 3.8) is 0 Å². The SMILES string of the molecule is CC[C@H](N)c1ccccc1OCCOc1ccccc1. The van der Waals surface area contributed by atoms with Gasteiger partial charge in [0, 0.05) is 11.6 Å². The highest BCUT2D eigenvalue weighted by atomic mass is 16.5. The molecular weight excluding hydrogens is 250 g/mol. The summed E-state index contributed by atoms with van der Waals surface area (Å²) in [5.74, 6) is 1.70. The quantitative estimate of drug-likeness (QED) is 0.783. The summed E-state index contributed by atoms with van der Waals surface area (Å²) in [4.78, 5) is 0. The first-order valence-electron chi connectivity index (χ1n) is 6.96. The van der Waals surface area contributed by atoms with E-state index in [1.807, 2.05) is 54.6 Å². The van der Waals surface area contributed by atoms with Gasteiger partial charge in [0.1, 0.15) is 24.7 Å². The van der Waals surface area contributed by atoms with E-state index in [0.717, 1.165) is 23.5 Å². The minimum absolute atomic E-state index is 0.0150. The van der Waals surface area contributed by atoms with Crippen LogP contribution in [0.25, 0.3) is 0 Å². The van der Waals surface area contributed by atoms with E-state index < -0.39 is 0 Å². The Balaban J connectivity index is 1.85. The Bertz CT molecular complexity index is 513. The van der Waals surface area contributed by atoms with E-state index in [2.05, 4.69) is 6.92 Å². The Labute approximate surface area is 120 Å². The second-order valence-corrected chi connectivity index (χ2v) is 4.56. The monoisotopic (exact) mass is 271 g/mol. The number of rotatable bonds is 7. The highest BCUT2D eigenvalue weighted by Crippen LogP contribution is 2.25. The van der Waals surface area contributed by atoms with Gasteiger partial charge in [0.05, 0.1) is 0 Å². The molecule has 0 unspecified atom stereocenters. The molecule has 2 N–H and O–H groups in total. The van der Waals surface area contributed by atoms with Crippen LogP contribution in [0.5, 0.6) is 11.5 Å². The van der Waals surface area contributed by atoms with Gasteiger partial charge in [0.15, 0.2) is 0 Å². The van der Waals surface area contributed by atoms with E-state index in [1.165, 1.54) is 0 Å². The van der Waals surface area contributed by atoms with Gasteiger partial charge in [0.2, 0.25) is 0 Å². The van der Waals surface area contributed by atoms with E-state index in [9.17, 15) is 0 Å². The zero-order chi connectivity index (χ0) is 14.2. The summed E-state index contributed by atoms with van der Waals surface area (Å²) >= 11 is 0. The van der Waals surface area contributed by atoms with Gasteiger partial charge in [-0.05, 0) is 24.6 Å². The zero-order valence-electron chi connectivity index (χ0n) is 11.8. The molecule has 0 amide bonds. The molecule has 0 aliphatic heterocycles. The maximum Gasteiger partial charge on any atom is 0.124 e. The lowest BCUT2D eigenvalue weighted by Crippen LogP contribution is -2.13. The summed E-state index contributed by atoms with van der Waals surface area (Å²) in [7, 11) is 0. The largest absolute Gasteiger partial charge is 0.490 e. The van der Waals surface area contributed by atoms with Crippen LogP contribution in [0.3, 0.4) is 0 Å². The second kappa shape index (κ2) is 7.56. The summed E-state index contributed by atoms with van der Waals surface area (Å²) in [6.07, 6.45) is 0.890. The third kappa shape index (κ3) is 4.00. The summed E-state index contributed by atoms with van der Waals surface area (Å²) < 4.78 is 11.4. The van der Waals surface area contributed by atoms with E-state index in [0.29, 0.717) is 13.2 Å². The Morgan fingerprint density at radius 1 is 0.900 bits per heavy atom. The third-order valence-corrected chi connectivity index (χ3v) is 3.11. The maximum absolute atomic E-state index is 6.08. The third-order valence-electron chi connectivity index (χ3n) is 3.11. The molecule has 0 fully saturated rings. The van der Waals surface area contributed by atoms with Crippen molar-refractivity contribution in [1.82, 2.24) is 0 Å². The molecule has 2 aromatic rings. The summed E-state index contributed by atoms with van der Waals surface area (Å²) in [6, 6.07) is 17.7. The van der Waals surface area contributed by atoms with E-state index in [4.69, 9.17) is 15.2 Å². The van der Waals surface area contributed by atoms with Gasteiger partial charge in [-0.3, -0.25) is 0 Å². The molecule has 0 aromatic heterocycles. The molecule has 2 aromatic carbocycles. The maximum atomic E-state index is 6.08. The standard InChI is InChI=1S/C17H21NO2/c1-2-16(18)15-10-6-7-11-17(15)20-13-12-19-14-8-4-3-5-9-14/h3-11,16H,2,12-13,18H2,1H3/t16-/m0/s1. The van der Waals surface area contributed by atoms with Crippen molar-refractivity contribution in [3.05, 3.63) is 60.2 Å². The minimum atomic E-state index is 0.0150. The first kappa shape index (κ1) is 14.4. The van der Waals surface area contributed by atoms with Crippen molar-refractivity contribution < 1.29 is 9.47 Å². The van der Waals surface area contributed by atoms with Gasteiger partial charge < -0.3 is 15.2 Å². The van der Waals surface area contributed by atoms with Crippen LogP contribution in [-0.2, 0) is 0 Å². The lowest BCUT2D eigenvalue weighted by molar-refractivity contribution is 0.215. The number of hydrogen-bond donors (Lipinski definition) is 1. The molecule has 106 valence electrons. The van der Waals surface area contributed by atoms with Crippen LogP contribution in [0.15, 0.2) is 54.6 Å². The minimum Gasteiger partial charge on any atom is -0.490 e. The number of para-hydroxylation sites is 2. The average molecular weight is 271 g/mol. The molecular formula is C17H21NO2. The van der Waals surface area contributed by atoms with Gasteiger partial charge in [-0.1, -0.05) is 43.3 Å². The van der Waals surface area contributed by atoms with Crippen LogP contribution in [0, 0.1) is 0 Å². The molecule has 3 heteroatoms. The fourth-order valence-corrected chi connectivity index (χ4v) is 1.97. The Hall–Kier alpha value is -2.00. The fraction of sp³-hybridized carbons (Fsp3) is 0.294. The highest BCUT2D eigenvalue weighted by molar-refractivity contribution is 5.35. The van der Waals surface area contributed by atoms with Gasteiger partial charge in [-0.25, -0.2) is 0 Å². The summed E-state index contributed by atoms with van der Waals surface area (Å²) in [6.45, 7) is 3.09. The smallest absolute Gasteiger partial charge is 0.124 e. The highest BCUT2D eigenvalue weighted by Gasteiger charge is 2.09. The summed E-state index contributed by atoms with van der Waals surface area (Å²) in [5.41, 5.74) is 7.13. The fourth-order valence-electron chi connectivity index (χ4n) is 1.97. The molecule has 2 rings (SSSR count). The molecule has 0 bridgehead atoms. The van der Waals surface area contributed by atoms with Crippen molar-refractivity contribution in [2.45, 2.75) is 19.4 Å². The van der Waals surface area contributed by atoms with Crippen molar-refractivity contribution >= 4 is 0 Å². The number of hydrogen-bond acceptors (Lipinski definition) is 3. The van der Waals surface area contributed by atoms with Crippen molar-refractivity contribution in [2.24, 2.45) is 5.73 Å². The predicted octanol–water partition coefficient (Wildman–Crippen LogP) is 3.55. The molecule has 1 atom stereocenters. The molecule has 0 heterocycles. The lowest BCUT2D eigenvalue weighted by atomic mass is 10.0. The van der Waals surface area contributed by atoms with E-state index in [1.54, 1.807) is 0 Å². The van der Waals surface area contributed by atoms with Crippen molar-refractivity contribution in [2.75, 3.05) is 13.2 Å². The van der Waals surface area contributed by atoms with Crippen molar-refractivity contribution in [1.29, 1.82) is 0 Å². The molecule has 20 heavy (non-hydrogen) atoms. The molecule has 0 spiro atoms. The van der Waals surface area contributed by atoms with Crippen LogP contribution >= 0.6 is 0 Å². The Kier molecular flexibility index (Phi) is 5.44. The average Bonchev–Trinajstić information content (AvgIpc) is 2.52. The topological polar surface area (TPSA) is 44.5 Å². The first-order valence-corrected chi connectivity index (χ1v) is 6.96. The Morgan fingerprint density at radius 2 is 1.55 bits per heavy atom. The molecule has 0 aliphatic carbocycles. The van der Waals surface area contributed by atoms with E-state index >= 15 is 0 Å². The summed E-state index contributed by atoms with van der Waals surface area (Å²) in [5, 5.41) is 0. The van der Waals surface area contributed by atoms with Gasteiger partial charge in [-0.2, -0.15) is 0 Å². The van der Waals surface area contributed by atoms with Gasteiger partial charge in [0.25, 0.3) is 0 Å². The first-order chi connectivity index (χ1) is 9.81. The van der Waals surface area contributed by atoms with Crippen LogP contribution in [-0.4, -0.2) is 13.2 Å². The molecule has 3 nitrogen and oxygen atoms in total. The van der Waals surface area contributed by atoms with Crippen molar-refractivity contribution in [3.8, 4) is 11.5 Å². The normalized spacial score (nSPS) is 11.9. The Morgan fingerprint density at radius 3 is 2.30 bits per heavy atom. The van der Waals surface area contributed by atoms with Gasteiger partial charge >= 0.3 is 0 Å². The van der Waals surface area contributed by atoms with Crippen LogP contribution in [0.4, 0.5) is 0 Å². The molecule has 0 aliphatic rings. The lowest BCUT2D eigenvalue weighted by Gasteiger charge is -2.15. The number of ether oxygens (including phenoxy) is 2. The van der Waals surface area contributed by atoms with Gasteiger partial charge in [-0.15, -0.1) is 0 Å². The van der Waals surface area contributed by atoms with Crippen LogP contribution in [0.1, 0.15) is 24.9 Å². The number of nitrogens with two attached hydrogens (primary N) is 1. The van der Waals surface area contributed by atoms with E-state index in [-0.39, 0.29) is 6.04 Å². The number of benzene rings is 2. The zero-order valence-corrected chi connectivity index (χ0v) is 11.8. The molecule has 0 saturated heterocycles. The molecule has 0 saturated carbocycles. The van der Waals surface area contributed by atoms with Crippen LogP contribution in [0.2, 0.25) is 0 Å². The second-order valence-electron chi connectivity index (χ2n) is 4.56. The van der Waals surface area contributed by atoms with Crippen LogP contribution < -0.4 is 15.2 Å².